The Morgan fingerprint density at radius 1 is 1.55 bits per heavy atom. The highest BCUT2D eigenvalue weighted by molar-refractivity contribution is 5.90. The molecule has 0 radical (unpaired) electrons. The summed E-state index contributed by atoms with van der Waals surface area (Å²) in [5.74, 6) is -1.15. The van der Waals surface area contributed by atoms with Crippen molar-refractivity contribution in [2.24, 2.45) is 5.92 Å². The van der Waals surface area contributed by atoms with Gasteiger partial charge in [0.05, 0.1) is 0 Å². The molecule has 3 rings (SSSR count). The quantitative estimate of drug-likeness (QED) is 0.854. The molecule has 2 aromatic heterocycles. The third-order valence-electron chi connectivity index (χ3n) is 4.08. The number of likely N-dealkylation sites (tertiary alicyclic amines) is 1. The molecule has 3 heterocycles. The van der Waals surface area contributed by atoms with Gasteiger partial charge in [-0.1, -0.05) is 6.58 Å². The van der Waals surface area contributed by atoms with Gasteiger partial charge in [0.25, 0.3) is 5.91 Å². The lowest BCUT2D eigenvalue weighted by atomic mass is 9.97. The topological polar surface area (TPSA) is 61.0 Å². The number of fused-ring (bicyclic) bond motifs is 1. The highest BCUT2D eigenvalue weighted by Crippen LogP contribution is 2.23. The van der Waals surface area contributed by atoms with Crippen molar-refractivity contribution in [1.82, 2.24) is 14.9 Å². The Balaban J connectivity index is 1.63. The first-order chi connectivity index (χ1) is 10.6. The van der Waals surface area contributed by atoms with Crippen molar-refractivity contribution >= 4 is 22.6 Å². The zero-order chi connectivity index (χ0) is 15.5. The normalized spacial score (nSPS) is 18.4. The SMILES string of the molecule is C=C(F)C(=O)N1CCC[C@H](CNc2ccnc3[nH]ccc23)C1. The molecule has 1 atom stereocenters. The second kappa shape index (κ2) is 6.17. The molecule has 2 N–H and O–H groups in total. The summed E-state index contributed by atoms with van der Waals surface area (Å²) in [5.41, 5.74) is 1.86. The minimum absolute atomic E-state index is 0.305. The summed E-state index contributed by atoms with van der Waals surface area (Å²) in [6, 6.07) is 3.92. The maximum Gasteiger partial charge on any atom is 0.281 e. The van der Waals surface area contributed by atoms with E-state index in [1.165, 1.54) is 0 Å². The van der Waals surface area contributed by atoms with Gasteiger partial charge in [-0.15, -0.1) is 0 Å². The summed E-state index contributed by atoms with van der Waals surface area (Å²) in [5, 5.41) is 4.46. The Morgan fingerprint density at radius 3 is 3.23 bits per heavy atom. The van der Waals surface area contributed by atoms with Crippen LogP contribution in [0.5, 0.6) is 0 Å². The van der Waals surface area contributed by atoms with E-state index in [1.54, 1.807) is 11.1 Å². The molecule has 1 fully saturated rings. The molecular formula is C16H19FN4O. The van der Waals surface area contributed by atoms with Crippen molar-refractivity contribution in [2.75, 3.05) is 25.0 Å². The number of carbonyl (C=O) groups is 1. The molecule has 0 spiro atoms. The number of hydrogen-bond acceptors (Lipinski definition) is 3. The zero-order valence-electron chi connectivity index (χ0n) is 12.3. The highest BCUT2D eigenvalue weighted by atomic mass is 19.1. The zero-order valence-corrected chi connectivity index (χ0v) is 12.3. The monoisotopic (exact) mass is 302 g/mol. The third-order valence-corrected chi connectivity index (χ3v) is 4.08. The van der Waals surface area contributed by atoms with E-state index in [0.717, 1.165) is 36.1 Å². The molecule has 0 aromatic carbocycles. The van der Waals surface area contributed by atoms with Crippen molar-refractivity contribution in [1.29, 1.82) is 0 Å². The van der Waals surface area contributed by atoms with Crippen molar-refractivity contribution < 1.29 is 9.18 Å². The smallest absolute Gasteiger partial charge is 0.281 e. The Morgan fingerprint density at radius 2 is 2.41 bits per heavy atom. The van der Waals surface area contributed by atoms with Gasteiger partial charge in [0.15, 0.2) is 5.83 Å². The van der Waals surface area contributed by atoms with E-state index in [2.05, 4.69) is 21.9 Å². The highest BCUT2D eigenvalue weighted by Gasteiger charge is 2.25. The predicted molar refractivity (Wildman–Crippen MR) is 84.1 cm³/mol. The standard InChI is InChI=1S/C16H19FN4O/c1-11(17)16(22)21-8-2-3-12(10-21)9-20-14-5-7-19-15-13(14)4-6-18-15/h4-7,12H,1-3,8-10H2,(H2,18,19,20)/t12-/m1/s1. The fraction of sp³-hybridized carbons (Fsp3) is 0.375. The van der Waals surface area contributed by atoms with Gasteiger partial charge in [-0.25, -0.2) is 9.37 Å². The number of H-pyrrole nitrogens is 1. The Hall–Kier alpha value is -2.37. The van der Waals surface area contributed by atoms with Gasteiger partial charge in [-0.05, 0) is 30.9 Å². The molecule has 5 nitrogen and oxygen atoms in total. The molecule has 0 bridgehead atoms. The number of piperidine rings is 1. The lowest BCUT2D eigenvalue weighted by molar-refractivity contribution is -0.130. The average molecular weight is 302 g/mol. The van der Waals surface area contributed by atoms with Crippen LogP contribution in [-0.2, 0) is 4.79 Å². The van der Waals surface area contributed by atoms with Gasteiger partial charge in [0.2, 0.25) is 0 Å². The van der Waals surface area contributed by atoms with Crippen LogP contribution in [0.3, 0.4) is 0 Å². The second-order valence-corrected chi connectivity index (χ2v) is 5.64. The van der Waals surface area contributed by atoms with Crippen molar-refractivity contribution in [3.8, 4) is 0 Å². The van der Waals surface area contributed by atoms with Gasteiger partial charge in [0.1, 0.15) is 5.65 Å². The number of halogens is 1. The molecule has 0 saturated carbocycles. The second-order valence-electron chi connectivity index (χ2n) is 5.64. The van der Waals surface area contributed by atoms with E-state index in [-0.39, 0.29) is 0 Å². The number of rotatable bonds is 4. The van der Waals surface area contributed by atoms with Crippen molar-refractivity contribution in [3.63, 3.8) is 0 Å². The number of aromatic nitrogens is 2. The average Bonchev–Trinajstić information content (AvgIpc) is 3.01. The summed E-state index contributed by atoms with van der Waals surface area (Å²) in [7, 11) is 0. The van der Waals surface area contributed by atoms with E-state index in [0.29, 0.717) is 19.0 Å². The number of nitrogens with one attached hydrogen (secondary N) is 2. The predicted octanol–water partition coefficient (Wildman–Crippen LogP) is 2.70. The Labute approximate surface area is 128 Å². The van der Waals surface area contributed by atoms with Crippen molar-refractivity contribution in [2.45, 2.75) is 12.8 Å². The molecule has 6 heteroatoms. The van der Waals surface area contributed by atoms with E-state index in [4.69, 9.17) is 0 Å². The fourth-order valence-electron chi connectivity index (χ4n) is 2.96. The fourth-order valence-corrected chi connectivity index (χ4v) is 2.96. The minimum Gasteiger partial charge on any atom is -0.384 e. The van der Waals surface area contributed by atoms with Crippen LogP contribution in [0.2, 0.25) is 0 Å². The van der Waals surface area contributed by atoms with Crippen LogP contribution in [0.15, 0.2) is 36.9 Å². The molecule has 22 heavy (non-hydrogen) atoms. The number of anilines is 1. The van der Waals surface area contributed by atoms with Gasteiger partial charge < -0.3 is 15.2 Å². The van der Waals surface area contributed by atoms with E-state index >= 15 is 0 Å². The molecule has 0 unspecified atom stereocenters. The number of nitrogens with zero attached hydrogens (tertiary/aromatic N) is 2. The maximum atomic E-state index is 13.0. The third kappa shape index (κ3) is 2.95. The number of aromatic amines is 1. The molecule has 1 saturated heterocycles. The van der Waals surface area contributed by atoms with Gasteiger partial charge in [0, 0.05) is 43.1 Å². The molecule has 1 aliphatic rings. The van der Waals surface area contributed by atoms with Crippen LogP contribution < -0.4 is 5.32 Å². The van der Waals surface area contributed by atoms with E-state index in [9.17, 15) is 9.18 Å². The van der Waals surface area contributed by atoms with Crippen LogP contribution in [0.4, 0.5) is 10.1 Å². The molecule has 1 aliphatic heterocycles. The molecular weight excluding hydrogens is 283 g/mol. The van der Waals surface area contributed by atoms with Gasteiger partial charge in [-0.3, -0.25) is 4.79 Å². The Bertz CT molecular complexity index is 696. The van der Waals surface area contributed by atoms with Crippen molar-refractivity contribution in [3.05, 3.63) is 36.9 Å². The molecule has 1 amide bonds. The van der Waals surface area contributed by atoms with Crippen LogP contribution in [-0.4, -0.2) is 40.4 Å². The number of pyridine rings is 1. The lowest BCUT2D eigenvalue weighted by Crippen LogP contribution is -2.41. The first kappa shape index (κ1) is 14.6. The van der Waals surface area contributed by atoms with Crippen LogP contribution >= 0.6 is 0 Å². The number of hydrogen-bond donors (Lipinski definition) is 2. The van der Waals surface area contributed by atoms with Crippen LogP contribution in [0, 0.1) is 5.92 Å². The molecule has 2 aromatic rings. The van der Waals surface area contributed by atoms with Gasteiger partial charge in [-0.2, -0.15) is 0 Å². The van der Waals surface area contributed by atoms with E-state index in [1.807, 2.05) is 18.3 Å². The maximum absolute atomic E-state index is 13.0. The summed E-state index contributed by atoms with van der Waals surface area (Å²) >= 11 is 0. The first-order valence-corrected chi connectivity index (χ1v) is 7.45. The largest absolute Gasteiger partial charge is 0.384 e. The number of carbonyl (C=O) groups excluding carboxylic acids is 1. The number of amides is 1. The molecule has 116 valence electrons. The Kier molecular flexibility index (Phi) is 4.09. The summed E-state index contributed by atoms with van der Waals surface area (Å²) in [6.07, 6.45) is 5.53. The first-order valence-electron chi connectivity index (χ1n) is 7.45. The van der Waals surface area contributed by atoms with E-state index < -0.39 is 11.7 Å². The van der Waals surface area contributed by atoms with Crippen LogP contribution in [0.25, 0.3) is 11.0 Å². The minimum atomic E-state index is -0.878. The van der Waals surface area contributed by atoms with Crippen LogP contribution in [0.1, 0.15) is 12.8 Å². The van der Waals surface area contributed by atoms with Gasteiger partial charge >= 0.3 is 0 Å². The summed E-state index contributed by atoms with van der Waals surface area (Å²) in [4.78, 5) is 20.6. The summed E-state index contributed by atoms with van der Waals surface area (Å²) < 4.78 is 13.0. The lowest BCUT2D eigenvalue weighted by Gasteiger charge is -2.32. The molecule has 0 aliphatic carbocycles. The summed E-state index contributed by atoms with van der Waals surface area (Å²) in [6.45, 7) is 5.01.